The highest BCUT2D eigenvalue weighted by Crippen LogP contribution is 2.38. The molecule has 0 aromatic heterocycles. The van der Waals surface area contributed by atoms with Gasteiger partial charge < -0.3 is 24.3 Å². The fourth-order valence-corrected chi connectivity index (χ4v) is 3.92. The third kappa shape index (κ3) is 5.07. The molecule has 0 atom stereocenters. The topological polar surface area (TPSA) is 49.0 Å². The van der Waals surface area contributed by atoms with Gasteiger partial charge in [0, 0.05) is 6.54 Å². The molecule has 156 valence electrons. The second-order valence-corrected chi connectivity index (χ2v) is 7.85. The highest BCUT2D eigenvalue weighted by Gasteiger charge is 2.15. The summed E-state index contributed by atoms with van der Waals surface area (Å²) in [4.78, 5) is 0. The molecule has 0 unspecified atom stereocenters. The van der Waals surface area contributed by atoms with Gasteiger partial charge in [0.15, 0.2) is 23.0 Å². The monoisotopic (exact) mass is 469 g/mol. The summed E-state index contributed by atoms with van der Waals surface area (Å²) in [5, 5.41) is 3.49. The largest absolute Gasteiger partial charge is 0.493 e. The minimum Gasteiger partial charge on any atom is -0.493 e. The molecular weight excluding hydrogens is 446 g/mol. The Labute approximate surface area is 185 Å². The van der Waals surface area contributed by atoms with Crippen molar-refractivity contribution in [1.29, 1.82) is 0 Å². The molecule has 30 heavy (non-hydrogen) atoms. The fraction of sp³-hybridized carbons (Fsp3) is 0.250. The van der Waals surface area contributed by atoms with E-state index >= 15 is 0 Å². The molecular formula is C24H24BrNO4. The lowest BCUT2D eigenvalue weighted by Crippen LogP contribution is -2.16. The Kier molecular flexibility index (Phi) is 6.77. The third-order valence-corrected chi connectivity index (χ3v) is 5.46. The van der Waals surface area contributed by atoms with Gasteiger partial charge in [0.25, 0.3) is 0 Å². The van der Waals surface area contributed by atoms with Crippen molar-refractivity contribution in [2.45, 2.75) is 19.6 Å². The molecule has 1 N–H and O–H groups in total. The minimum atomic E-state index is 0.264. The van der Waals surface area contributed by atoms with E-state index in [0.29, 0.717) is 18.1 Å². The van der Waals surface area contributed by atoms with Crippen molar-refractivity contribution in [2.24, 2.45) is 0 Å². The molecule has 0 aliphatic carbocycles. The lowest BCUT2D eigenvalue weighted by atomic mass is 10.1. The van der Waals surface area contributed by atoms with E-state index < -0.39 is 0 Å². The molecule has 1 aliphatic heterocycles. The van der Waals surface area contributed by atoms with Gasteiger partial charge >= 0.3 is 0 Å². The van der Waals surface area contributed by atoms with E-state index in [1.54, 1.807) is 7.11 Å². The van der Waals surface area contributed by atoms with Crippen LogP contribution in [0.1, 0.15) is 16.7 Å². The number of rotatable bonds is 9. The van der Waals surface area contributed by atoms with E-state index in [1.807, 2.05) is 30.3 Å². The number of methoxy groups -OCH3 is 1. The molecule has 0 bridgehead atoms. The van der Waals surface area contributed by atoms with Crippen LogP contribution in [0.3, 0.4) is 0 Å². The first-order valence-corrected chi connectivity index (χ1v) is 10.6. The lowest BCUT2D eigenvalue weighted by Gasteiger charge is -2.15. The van der Waals surface area contributed by atoms with E-state index in [4.69, 9.17) is 18.9 Å². The van der Waals surface area contributed by atoms with Gasteiger partial charge in [0.1, 0.15) is 6.61 Å². The van der Waals surface area contributed by atoms with Crippen LogP contribution in [0.5, 0.6) is 23.0 Å². The zero-order valence-electron chi connectivity index (χ0n) is 16.8. The van der Waals surface area contributed by atoms with Gasteiger partial charge in [-0.05, 0) is 69.9 Å². The summed E-state index contributed by atoms with van der Waals surface area (Å²) in [6.45, 7) is 2.33. The van der Waals surface area contributed by atoms with Crippen LogP contribution >= 0.6 is 15.9 Å². The molecule has 0 fully saturated rings. The van der Waals surface area contributed by atoms with Crippen molar-refractivity contribution in [3.63, 3.8) is 0 Å². The summed E-state index contributed by atoms with van der Waals surface area (Å²) < 4.78 is 23.3. The molecule has 1 aliphatic rings. The van der Waals surface area contributed by atoms with Gasteiger partial charge in [0.05, 0.1) is 11.6 Å². The number of ether oxygens (including phenoxy) is 4. The highest BCUT2D eigenvalue weighted by molar-refractivity contribution is 9.10. The maximum Gasteiger partial charge on any atom is 0.231 e. The first-order valence-electron chi connectivity index (χ1n) is 9.85. The highest BCUT2D eigenvalue weighted by atomic mass is 79.9. The first kappa shape index (κ1) is 20.6. The van der Waals surface area contributed by atoms with Gasteiger partial charge in [-0.25, -0.2) is 0 Å². The predicted molar refractivity (Wildman–Crippen MR) is 119 cm³/mol. The zero-order chi connectivity index (χ0) is 20.8. The molecule has 6 heteroatoms. The van der Waals surface area contributed by atoms with Gasteiger partial charge in [-0.2, -0.15) is 0 Å². The van der Waals surface area contributed by atoms with Crippen LogP contribution in [-0.4, -0.2) is 20.4 Å². The molecule has 0 saturated heterocycles. The molecule has 1 heterocycles. The van der Waals surface area contributed by atoms with Crippen molar-refractivity contribution in [3.8, 4) is 23.0 Å². The molecule has 0 saturated carbocycles. The van der Waals surface area contributed by atoms with Crippen molar-refractivity contribution < 1.29 is 18.9 Å². The van der Waals surface area contributed by atoms with Crippen LogP contribution in [0.25, 0.3) is 0 Å². The zero-order valence-corrected chi connectivity index (χ0v) is 18.4. The van der Waals surface area contributed by atoms with Crippen molar-refractivity contribution in [2.75, 3.05) is 20.4 Å². The summed E-state index contributed by atoms with van der Waals surface area (Å²) >= 11 is 3.63. The van der Waals surface area contributed by atoms with Crippen LogP contribution in [0.4, 0.5) is 0 Å². The Morgan fingerprint density at radius 3 is 2.60 bits per heavy atom. The van der Waals surface area contributed by atoms with Gasteiger partial charge in [-0.15, -0.1) is 0 Å². The van der Waals surface area contributed by atoms with Crippen molar-refractivity contribution in [1.82, 2.24) is 5.32 Å². The van der Waals surface area contributed by atoms with Gasteiger partial charge in [-0.1, -0.05) is 36.4 Å². The predicted octanol–water partition coefficient (Wildman–Crippen LogP) is 5.10. The Morgan fingerprint density at radius 2 is 1.77 bits per heavy atom. The summed E-state index contributed by atoms with van der Waals surface area (Å²) in [6.07, 6.45) is 0.996. The van der Waals surface area contributed by atoms with Crippen LogP contribution in [0.2, 0.25) is 0 Å². The van der Waals surface area contributed by atoms with Gasteiger partial charge in [-0.3, -0.25) is 0 Å². The summed E-state index contributed by atoms with van der Waals surface area (Å²) in [5.41, 5.74) is 3.46. The maximum absolute atomic E-state index is 6.05. The second kappa shape index (κ2) is 9.87. The normalized spacial score (nSPS) is 12.1. The maximum atomic E-state index is 6.05. The number of hydrogen-bond donors (Lipinski definition) is 1. The summed E-state index contributed by atoms with van der Waals surface area (Å²) in [5.74, 6) is 2.90. The van der Waals surface area contributed by atoms with Crippen molar-refractivity contribution >= 4 is 15.9 Å². The molecule has 3 aromatic rings. The molecule has 0 spiro atoms. The van der Waals surface area contributed by atoms with Gasteiger partial charge in [0.2, 0.25) is 6.79 Å². The number of fused-ring (bicyclic) bond motifs is 1. The van der Waals surface area contributed by atoms with E-state index in [-0.39, 0.29) is 6.79 Å². The van der Waals surface area contributed by atoms with Crippen LogP contribution < -0.4 is 24.3 Å². The quantitative estimate of drug-likeness (QED) is 0.441. The molecule has 5 nitrogen and oxygen atoms in total. The van der Waals surface area contributed by atoms with E-state index in [0.717, 1.165) is 46.6 Å². The lowest BCUT2D eigenvalue weighted by molar-refractivity contribution is 0.174. The van der Waals surface area contributed by atoms with Crippen LogP contribution in [0, 0.1) is 0 Å². The summed E-state index contributed by atoms with van der Waals surface area (Å²) in [7, 11) is 1.65. The molecule has 3 aromatic carbocycles. The van der Waals surface area contributed by atoms with Crippen LogP contribution in [-0.2, 0) is 19.6 Å². The summed E-state index contributed by atoms with van der Waals surface area (Å²) in [6, 6.07) is 20.4. The minimum absolute atomic E-state index is 0.264. The van der Waals surface area contributed by atoms with E-state index in [1.165, 1.54) is 5.56 Å². The smallest absolute Gasteiger partial charge is 0.231 e. The number of hydrogen-bond acceptors (Lipinski definition) is 5. The molecule has 0 amide bonds. The van der Waals surface area contributed by atoms with E-state index in [9.17, 15) is 0 Å². The Balaban J connectivity index is 1.35. The fourth-order valence-electron chi connectivity index (χ4n) is 3.31. The molecule has 4 rings (SSSR count). The third-order valence-electron chi connectivity index (χ3n) is 4.87. The molecule has 0 radical (unpaired) electrons. The average Bonchev–Trinajstić information content (AvgIpc) is 3.24. The Morgan fingerprint density at radius 1 is 0.933 bits per heavy atom. The number of halogens is 1. The van der Waals surface area contributed by atoms with Crippen LogP contribution in [0.15, 0.2) is 65.1 Å². The average molecular weight is 470 g/mol. The SMILES string of the molecule is COc1cc(CNCCc2ccccc2)cc(Br)c1OCc1ccc2c(c1)OCO2. The number of nitrogens with one attached hydrogen (secondary N) is 1. The standard InChI is InChI=1S/C24H24BrNO4/c1-27-23-13-19(14-26-10-9-17-5-3-2-4-6-17)11-20(25)24(23)28-15-18-7-8-21-22(12-18)30-16-29-21/h2-8,11-13,26H,9-10,14-16H2,1H3. The second-order valence-electron chi connectivity index (χ2n) is 7.00. The van der Waals surface area contributed by atoms with Crippen molar-refractivity contribution in [3.05, 3.63) is 81.8 Å². The Bertz CT molecular complexity index is 994. The number of benzene rings is 3. The Hall–Kier alpha value is -2.70. The first-order chi connectivity index (χ1) is 14.7. The van der Waals surface area contributed by atoms with E-state index in [2.05, 4.69) is 51.6 Å².